The molecule has 0 radical (unpaired) electrons. The van der Waals surface area contributed by atoms with Crippen molar-refractivity contribution in [2.45, 2.75) is 19.8 Å². The Hall–Kier alpha value is -2.14. The summed E-state index contributed by atoms with van der Waals surface area (Å²) in [5.41, 5.74) is 7.12. The highest BCUT2D eigenvalue weighted by Crippen LogP contribution is 2.08. The van der Waals surface area contributed by atoms with Crippen LogP contribution >= 0.6 is 11.3 Å². The third-order valence-electron chi connectivity index (χ3n) is 2.78. The molecule has 2 rings (SSSR count). The molecule has 4 nitrogen and oxygen atoms in total. The van der Waals surface area contributed by atoms with Gasteiger partial charge in [0, 0.05) is 6.42 Å². The number of hydrazine groups is 1. The minimum absolute atomic E-state index is 0.198. The Kier molecular flexibility index (Phi) is 4.90. The number of carbonyl (C=O) groups excluding carboxylic acids is 2. The fourth-order valence-corrected chi connectivity index (χ4v) is 2.40. The Morgan fingerprint density at radius 2 is 2.00 bits per heavy atom. The molecule has 0 aliphatic rings. The van der Waals surface area contributed by atoms with Gasteiger partial charge in [0.1, 0.15) is 0 Å². The summed E-state index contributed by atoms with van der Waals surface area (Å²) in [5.74, 6) is -0.486. The number of hydrogen-bond donors (Lipinski definition) is 2. The van der Waals surface area contributed by atoms with Gasteiger partial charge in [-0.05, 0) is 30.4 Å². The quantitative estimate of drug-likeness (QED) is 0.849. The number of rotatable bonds is 4. The largest absolute Gasteiger partial charge is 0.279 e. The van der Waals surface area contributed by atoms with Gasteiger partial charge in [0.2, 0.25) is 5.91 Å². The molecule has 2 N–H and O–H groups in total. The van der Waals surface area contributed by atoms with Crippen molar-refractivity contribution >= 4 is 23.2 Å². The summed E-state index contributed by atoms with van der Waals surface area (Å²) in [6.07, 6.45) is 0.997. The molecule has 5 heteroatoms. The first-order valence-corrected chi connectivity index (χ1v) is 7.21. The van der Waals surface area contributed by atoms with E-state index in [2.05, 4.69) is 16.9 Å². The minimum Gasteiger partial charge on any atom is -0.273 e. The molecule has 0 saturated carbocycles. The van der Waals surface area contributed by atoms with Crippen LogP contribution < -0.4 is 10.9 Å². The van der Waals surface area contributed by atoms with E-state index in [4.69, 9.17) is 0 Å². The standard InChI is InChI=1S/C15H16N2O2S/c1-11-4-2-5-12(10-11)7-8-14(18)16-17-15(19)13-6-3-9-20-13/h2-6,9-10H,7-8H2,1H3,(H,16,18)(H,17,19). The van der Waals surface area contributed by atoms with Gasteiger partial charge in [-0.2, -0.15) is 0 Å². The van der Waals surface area contributed by atoms with Gasteiger partial charge in [-0.3, -0.25) is 20.4 Å². The zero-order valence-electron chi connectivity index (χ0n) is 11.2. The van der Waals surface area contributed by atoms with Gasteiger partial charge in [-0.1, -0.05) is 35.9 Å². The van der Waals surface area contributed by atoms with E-state index >= 15 is 0 Å². The lowest BCUT2D eigenvalue weighted by Gasteiger charge is -2.06. The molecule has 1 aromatic heterocycles. The van der Waals surface area contributed by atoms with E-state index in [9.17, 15) is 9.59 Å². The zero-order valence-corrected chi connectivity index (χ0v) is 12.0. The van der Waals surface area contributed by atoms with Crippen molar-refractivity contribution in [3.63, 3.8) is 0 Å². The van der Waals surface area contributed by atoms with Crippen molar-refractivity contribution in [3.8, 4) is 0 Å². The first-order valence-electron chi connectivity index (χ1n) is 6.33. The SMILES string of the molecule is Cc1cccc(CCC(=O)NNC(=O)c2cccs2)c1. The van der Waals surface area contributed by atoms with Gasteiger partial charge in [0.05, 0.1) is 4.88 Å². The van der Waals surface area contributed by atoms with Crippen LogP contribution in [0.25, 0.3) is 0 Å². The van der Waals surface area contributed by atoms with Crippen LogP contribution in [0.3, 0.4) is 0 Å². The molecule has 2 aromatic rings. The molecule has 104 valence electrons. The van der Waals surface area contributed by atoms with Crippen LogP contribution in [0.5, 0.6) is 0 Å². The number of aryl methyl sites for hydroxylation is 2. The predicted molar refractivity (Wildman–Crippen MR) is 79.4 cm³/mol. The second-order valence-corrected chi connectivity index (χ2v) is 5.42. The average molecular weight is 288 g/mol. The lowest BCUT2D eigenvalue weighted by molar-refractivity contribution is -0.121. The highest BCUT2D eigenvalue weighted by Gasteiger charge is 2.08. The van der Waals surface area contributed by atoms with Gasteiger partial charge < -0.3 is 0 Å². The molecule has 0 unspecified atom stereocenters. The van der Waals surface area contributed by atoms with Crippen molar-refractivity contribution in [1.29, 1.82) is 0 Å². The van der Waals surface area contributed by atoms with Gasteiger partial charge in [0.25, 0.3) is 5.91 Å². The zero-order chi connectivity index (χ0) is 14.4. The summed E-state index contributed by atoms with van der Waals surface area (Å²) in [4.78, 5) is 23.8. The van der Waals surface area contributed by atoms with Gasteiger partial charge in [-0.15, -0.1) is 11.3 Å². The van der Waals surface area contributed by atoms with Crippen LogP contribution in [0, 0.1) is 6.92 Å². The fraction of sp³-hybridized carbons (Fsp3) is 0.200. The summed E-state index contributed by atoms with van der Waals surface area (Å²) in [6, 6.07) is 11.5. The van der Waals surface area contributed by atoms with Crippen molar-refractivity contribution < 1.29 is 9.59 Å². The monoisotopic (exact) mass is 288 g/mol. The van der Waals surface area contributed by atoms with E-state index in [0.29, 0.717) is 17.7 Å². The summed E-state index contributed by atoms with van der Waals surface area (Å²) in [6.45, 7) is 2.02. The molecule has 0 aliphatic carbocycles. The Bertz CT molecular complexity index is 594. The summed E-state index contributed by atoms with van der Waals surface area (Å²) in [5, 5.41) is 1.81. The number of thiophene rings is 1. The number of hydrogen-bond acceptors (Lipinski definition) is 3. The maximum Gasteiger partial charge on any atom is 0.279 e. The molecular weight excluding hydrogens is 272 g/mol. The Morgan fingerprint density at radius 1 is 1.15 bits per heavy atom. The molecule has 0 atom stereocenters. The molecule has 20 heavy (non-hydrogen) atoms. The van der Waals surface area contributed by atoms with Crippen molar-refractivity contribution in [2.24, 2.45) is 0 Å². The number of benzene rings is 1. The van der Waals surface area contributed by atoms with E-state index in [1.54, 1.807) is 12.1 Å². The van der Waals surface area contributed by atoms with Crippen molar-refractivity contribution in [2.75, 3.05) is 0 Å². The molecule has 2 amide bonds. The number of carbonyl (C=O) groups is 2. The summed E-state index contributed by atoms with van der Waals surface area (Å²) < 4.78 is 0. The van der Waals surface area contributed by atoms with E-state index in [1.165, 1.54) is 16.9 Å². The van der Waals surface area contributed by atoms with E-state index in [-0.39, 0.29) is 11.8 Å². The topological polar surface area (TPSA) is 58.2 Å². The molecule has 0 saturated heterocycles. The van der Waals surface area contributed by atoms with Gasteiger partial charge in [-0.25, -0.2) is 0 Å². The molecule has 0 bridgehead atoms. The highest BCUT2D eigenvalue weighted by atomic mass is 32.1. The van der Waals surface area contributed by atoms with Crippen molar-refractivity contribution in [3.05, 3.63) is 57.8 Å². The maximum atomic E-state index is 11.7. The Morgan fingerprint density at radius 3 is 2.70 bits per heavy atom. The molecular formula is C15H16N2O2S. The lowest BCUT2D eigenvalue weighted by atomic mass is 10.1. The van der Waals surface area contributed by atoms with E-state index in [0.717, 1.165) is 5.56 Å². The normalized spacial score (nSPS) is 10.1. The smallest absolute Gasteiger partial charge is 0.273 e. The second kappa shape index (κ2) is 6.86. The van der Waals surface area contributed by atoms with Crippen LogP contribution in [0.2, 0.25) is 0 Å². The highest BCUT2D eigenvalue weighted by molar-refractivity contribution is 7.12. The Labute approximate surface area is 121 Å². The average Bonchev–Trinajstić information content (AvgIpc) is 2.97. The Balaban J connectivity index is 1.74. The molecule has 0 aliphatic heterocycles. The lowest BCUT2D eigenvalue weighted by Crippen LogP contribution is -2.41. The van der Waals surface area contributed by atoms with E-state index in [1.807, 2.05) is 30.5 Å². The van der Waals surface area contributed by atoms with Gasteiger partial charge >= 0.3 is 0 Å². The molecule has 0 fully saturated rings. The first-order chi connectivity index (χ1) is 9.65. The van der Waals surface area contributed by atoms with Crippen LogP contribution in [0.4, 0.5) is 0 Å². The van der Waals surface area contributed by atoms with E-state index < -0.39 is 0 Å². The first kappa shape index (κ1) is 14.3. The number of amides is 2. The van der Waals surface area contributed by atoms with Crippen LogP contribution in [0.15, 0.2) is 41.8 Å². The predicted octanol–water partition coefficient (Wildman–Crippen LogP) is 2.45. The summed E-state index contributed by atoms with van der Waals surface area (Å²) in [7, 11) is 0. The third-order valence-corrected chi connectivity index (χ3v) is 3.65. The van der Waals surface area contributed by atoms with Gasteiger partial charge in [0.15, 0.2) is 0 Å². The maximum absolute atomic E-state index is 11.7. The summed E-state index contributed by atoms with van der Waals surface area (Å²) >= 11 is 1.33. The molecule has 1 aromatic carbocycles. The van der Waals surface area contributed by atoms with Crippen LogP contribution in [-0.4, -0.2) is 11.8 Å². The number of nitrogens with one attached hydrogen (secondary N) is 2. The minimum atomic E-state index is -0.288. The van der Waals surface area contributed by atoms with Crippen LogP contribution in [-0.2, 0) is 11.2 Å². The van der Waals surface area contributed by atoms with Crippen molar-refractivity contribution in [1.82, 2.24) is 10.9 Å². The molecule has 1 heterocycles. The second-order valence-electron chi connectivity index (χ2n) is 4.47. The fourth-order valence-electron chi connectivity index (χ4n) is 1.78. The molecule has 0 spiro atoms. The van der Waals surface area contributed by atoms with Crippen LogP contribution in [0.1, 0.15) is 27.2 Å². The third kappa shape index (κ3) is 4.20.